The maximum atomic E-state index is 2.56. The minimum Gasteiger partial charge on any atom is -0.310 e. The van der Waals surface area contributed by atoms with Gasteiger partial charge in [0.25, 0.3) is 0 Å². The van der Waals surface area contributed by atoms with E-state index in [-0.39, 0.29) is 5.41 Å². The number of fused-ring (bicyclic) bond motifs is 19. The van der Waals surface area contributed by atoms with Gasteiger partial charge in [-0.25, -0.2) is 0 Å². The van der Waals surface area contributed by atoms with Gasteiger partial charge in [0.2, 0.25) is 0 Å². The lowest BCUT2D eigenvalue weighted by atomic mass is 9.67. The van der Waals surface area contributed by atoms with Crippen molar-refractivity contribution in [1.29, 1.82) is 0 Å². The van der Waals surface area contributed by atoms with E-state index in [9.17, 15) is 0 Å². The molecule has 0 bridgehead atoms. The summed E-state index contributed by atoms with van der Waals surface area (Å²) in [6.07, 6.45) is 0. The zero-order valence-corrected chi connectivity index (χ0v) is 66.3. The van der Waals surface area contributed by atoms with Crippen LogP contribution >= 0.6 is 0 Å². The van der Waals surface area contributed by atoms with Gasteiger partial charge in [-0.2, -0.15) is 0 Å². The lowest BCUT2D eigenvalue weighted by molar-refractivity contribution is 0.662. The number of anilines is 6. The van der Waals surface area contributed by atoms with E-state index >= 15 is 0 Å². The van der Waals surface area contributed by atoms with Crippen molar-refractivity contribution in [2.24, 2.45) is 0 Å². The molecule has 0 unspecified atom stereocenters. The number of hydrogen-bond acceptors (Lipinski definition) is 2. The van der Waals surface area contributed by atoms with Crippen LogP contribution in [0.25, 0.3) is 89.0 Å². The van der Waals surface area contributed by atoms with Gasteiger partial charge in [-0.15, -0.1) is 0 Å². The molecule has 23 rings (SSSR count). The molecular weight excluding hydrogens is 1420 g/mol. The van der Waals surface area contributed by atoms with E-state index < -0.39 is 16.2 Å². The average Bonchev–Trinajstić information content (AvgIpc) is 1.54. The van der Waals surface area contributed by atoms with Gasteiger partial charge in [-0.1, -0.05) is 383 Å². The van der Waals surface area contributed by atoms with Crippen molar-refractivity contribution < 1.29 is 0 Å². The monoisotopic (exact) mass is 1500 g/mol. The van der Waals surface area contributed by atoms with Gasteiger partial charge >= 0.3 is 0 Å². The van der Waals surface area contributed by atoms with Crippen LogP contribution < -0.4 is 9.80 Å². The number of aryl methyl sites for hydroxylation is 2. The van der Waals surface area contributed by atoms with Crippen LogP contribution in [0.2, 0.25) is 0 Å². The second-order valence-corrected chi connectivity index (χ2v) is 33.4. The van der Waals surface area contributed by atoms with E-state index in [2.05, 4.69) is 462 Å². The van der Waals surface area contributed by atoms with Crippen LogP contribution in [0.5, 0.6) is 0 Å². The first-order valence-electron chi connectivity index (χ1n) is 41.5. The zero-order valence-electron chi connectivity index (χ0n) is 66.3. The summed E-state index contributed by atoms with van der Waals surface area (Å²) in [7, 11) is 0. The Bertz CT molecular complexity index is 6770. The molecule has 0 aromatic heterocycles. The Hall–Kier alpha value is -14.4. The molecule has 0 amide bonds. The molecule has 18 aromatic carbocycles. The standard InChI is InChI=1S/C116H82N2/c1-75-52-65-94-96-68-63-87(73-108(96)114(106(94)70-75,80-32-12-6-13-33-80)81-34-14-7-15-35-81)117(88-64-69-97-95-66-53-76(2)71-107(95)115(109(97)74-88,82-36-16-8-17-37-82)83-38-18-9-19-39-83)86-62-67-89(100(72-86)77-30-10-5-11-31-77)78-54-58-84(59-55-78)118(85-60-56-79(57-61-85)90-44-28-45-98-93-42-20-24-46-101(93)113(3,4)112(90)98)110-51-29-50-105-111(110)99-43-23-27-49-104(99)116(105)102-47-25-21-40-91(102)92-41-22-26-48-103(92)116/h5-74H,1-4H3. The largest absolute Gasteiger partial charge is 0.310 e. The molecule has 1 spiro atoms. The molecule has 5 aliphatic carbocycles. The molecule has 0 aliphatic heterocycles. The Labute approximate surface area is 691 Å². The topological polar surface area (TPSA) is 6.48 Å². The van der Waals surface area contributed by atoms with E-state index in [1.165, 1.54) is 156 Å². The predicted octanol–water partition coefficient (Wildman–Crippen LogP) is 29.6. The maximum Gasteiger partial charge on any atom is 0.0726 e. The van der Waals surface area contributed by atoms with Gasteiger partial charge in [0.1, 0.15) is 0 Å². The molecule has 18 aromatic rings. The van der Waals surface area contributed by atoms with Crippen LogP contribution in [-0.2, 0) is 21.7 Å². The molecule has 0 saturated heterocycles. The number of nitrogens with zero attached hydrogens (tertiary/aromatic N) is 2. The third-order valence-corrected chi connectivity index (χ3v) is 26.9. The molecule has 0 atom stereocenters. The normalized spacial score (nSPS) is 14.2. The van der Waals surface area contributed by atoms with Gasteiger partial charge in [-0.05, 0) is 242 Å². The SMILES string of the molecule is Cc1ccc2c(c1)C(c1ccccc1)(c1ccccc1)c1cc(N(c3ccc(-c4ccc(N(c5ccc(-c6cccc7c6C(C)(C)c6ccccc6-7)cc5)c5cccc6c5-c5ccccc5C65c6ccccc6-c6ccccc65)cc4)c(-c4ccccc4)c3)c3ccc4c(c3)C(c3ccccc3)(c3ccccc3)c3cc(C)ccc3-4)ccc1-2. The van der Waals surface area contributed by atoms with Crippen molar-refractivity contribution in [3.8, 4) is 89.0 Å². The predicted molar refractivity (Wildman–Crippen MR) is 490 cm³/mol. The van der Waals surface area contributed by atoms with Crippen LogP contribution in [0.3, 0.4) is 0 Å². The van der Waals surface area contributed by atoms with Crippen LogP contribution in [0.4, 0.5) is 34.1 Å². The molecule has 118 heavy (non-hydrogen) atoms. The quantitative estimate of drug-likeness (QED) is 0.114. The van der Waals surface area contributed by atoms with Crippen molar-refractivity contribution in [3.05, 3.63) is 514 Å². The Kier molecular flexibility index (Phi) is 15.6. The summed E-state index contributed by atoms with van der Waals surface area (Å²) in [6, 6.07) is 161. The van der Waals surface area contributed by atoms with Crippen LogP contribution in [-0.4, -0.2) is 0 Å². The summed E-state index contributed by atoms with van der Waals surface area (Å²) >= 11 is 0. The minimum atomic E-state index is -0.645. The van der Waals surface area contributed by atoms with Gasteiger partial charge in [-0.3, -0.25) is 0 Å². The van der Waals surface area contributed by atoms with Gasteiger partial charge < -0.3 is 9.80 Å². The van der Waals surface area contributed by atoms with Crippen molar-refractivity contribution in [3.63, 3.8) is 0 Å². The third-order valence-electron chi connectivity index (χ3n) is 26.9. The minimum absolute atomic E-state index is 0.177. The summed E-state index contributed by atoms with van der Waals surface area (Å²) in [5, 5.41) is 0. The summed E-state index contributed by atoms with van der Waals surface area (Å²) in [6.45, 7) is 9.25. The molecule has 0 saturated carbocycles. The van der Waals surface area contributed by atoms with Crippen LogP contribution in [0, 0.1) is 13.8 Å². The van der Waals surface area contributed by atoms with Gasteiger partial charge in [0, 0.05) is 39.4 Å². The molecule has 556 valence electrons. The lowest BCUT2D eigenvalue weighted by Crippen LogP contribution is -2.29. The first-order chi connectivity index (χ1) is 58.1. The second kappa shape index (κ2) is 26.6. The highest BCUT2D eigenvalue weighted by atomic mass is 15.2. The van der Waals surface area contributed by atoms with Crippen molar-refractivity contribution in [1.82, 2.24) is 0 Å². The fraction of sp³-hybridized carbons (Fsp3) is 0.0690. The summed E-state index contributed by atoms with van der Waals surface area (Å²) < 4.78 is 0. The smallest absolute Gasteiger partial charge is 0.0726 e. The van der Waals surface area contributed by atoms with E-state index in [4.69, 9.17) is 0 Å². The number of hydrogen-bond donors (Lipinski definition) is 0. The highest BCUT2D eigenvalue weighted by molar-refractivity contribution is 6.03. The lowest BCUT2D eigenvalue weighted by Gasteiger charge is -2.36. The number of rotatable bonds is 13. The van der Waals surface area contributed by atoms with Gasteiger partial charge in [0.15, 0.2) is 0 Å². The summed E-state index contributed by atoms with van der Waals surface area (Å²) in [4.78, 5) is 5.09. The Morgan fingerprint density at radius 1 is 0.186 bits per heavy atom. The first-order valence-corrected chi connectivity index (χ1v) is 41.5. The zero-order chi connectivity index (χ0) is 78.6. The molecule has 0 radical (unpaired) electrons. The number of benzene rings is 18. The van der Waals surface area contributed by atoms with Gasteiger partial charge in [0.05, 0.1) is 21.9 Å². The van der Waals surface area contributed by atoms with Crippen molar-refractivity contribution in [2.75, 3.05) is 9.80 Å². The molecular formula is C116H82N2. The Morgan fingerprint density at radius 3 is 0.992 bits per heavy atom. The fourth-order valence-electron chi connectivity index (χ4n) is 22.1. The Balaban J connectivity index is 0.723. The van der Waals surface area contributed by atoms with Crippen LogP contribution in [0.1, 0.15) is 103 Å². The molecule has 0 N–H and O–H groups in total. The molecule has 0 heterocycles. The average molecular weight is 1500 g/mol. The van der Waals surface area contributed by atoms with E-state index in [1.54, 1.807) is 0 Å². The molecule has 2 heteroatoms. The van der Waals surface area contributed by atoms with Crippen molar-refractivity contribution >= 4 is 34.1 Å². The highest BCUT2D eigenvalue weighted by Gasteiger charge is 2.54. The maximum absolute atomic E-state index is 2.56. The fourth-order valence-corrected chi connectivity index (χ4v) is 22.1. The molecule has 2 nitrogen and oxygen atoms in total. The summed E-state index contributed by atoms with van der Waals surface area (Å²) in [5.41, 5.74) is 44.6. The van der Waals surface area contributed by atoms with E-state index in [0.29, 0.717) is 0 Å². The molecule has 5 aliphatic rings. The molecule has 0 fully saturated rings. The third kappa shape index (κ3) is 9.87. The first kappa shape index (κ1) is 69.1. The highest BCUT2D eigenvalue weighted by Crippen LogP contribution is 2.66. The summed E-state index contributed by atoms with van der Waals surface area (Å²) in [5.74, 6) is 0. The van der Waals surface area contributed by atoms with Crippen LogP contribution in [0.15, 0.2) is 425 Å². The van der Waals surface area contributed by atoms with E-state index in [1.807, 2.05) is 0 Å². The second-order valence-electron chi connectivity index (χ2n) is 33.4. The Morgan fingerprint density at radius 2 is 0.508 bits per heavy atom. The van der Waals surface area contributed by atoms with E-state index in [0.717, 1.165) is 56.4 Å². The van der Waals surface area contributed by atoms with Crippen molar-refractivity contribution in [2.45, 2.75) is 49.4 Å².